The van der Waals surface area contributed by atoms with Crippen LogP contribution in [-0.2, 0) is 4.79 Å². The standard InChI is InChI=1S/C23H27ClN2O2/c1-25(19-11-7-4-8-12-19)16-22(27)26(2)21-14-13-18(24)15-20(21)23(28)17-9-5-3-6-10-17/h3,5-6,9-10,13-15,19H,4,7-8,11-12,16H2,1-2H3. The molecule has 0 spiro atoms. The maximum absolute atomic E-state index is 13.0. The van der Waals surface area contributed by atoms with Gasteiger partial charge < -0.3 is 4.90 Å². The van der Waals surface area contributed by atoms with E-state index < -0.39 is 0 Å². The average molecular weight is 399 g/mol. The van der Waals surface area contributed by atoms with Gasteiger partial charge in [-0.05, 0) is 38.1 Å². The molecule has 4 nitrogen and oxygen atoms in total. The number of carbonyl (C=O) groups excluding carboxylic acids is 2. The molecule has 1 aliphatic carbocycles. The molecule has 0 aromatic heterocycles. The van der Waals surface area contributed by atoms with E-state index in [2.05, 4.69) is 4.90 Å². The molecule has 0 saturated heterocycles. The molecule has 1 fully saturated rings. The van der Waals surface area contributed by atoms with Crippen LogP contribution in [0.5, 0.6) is 0 Å². The normalized spacial score (nSPS) is 14.9. The topological polar surface area (TPSA) is 40.6 Å². The van der Waals surface area contributed by atoms with Crippen molar-refractivity contribution in [3.8, 4) is 0 Å². The predicted molar refractivity (Wildman–Crippen MR) is 114 cm³/mol. The monoisotopic (exact) mass is 398 g/mol. The predicted octanol–water partition coefficient (Wildman–Crippen LogP) is 4.80. The lowest BCUT2D eigenvalue weighted by Gasteiger charge is -2.32. The summed E-state index contributed by atoms with van der Waals surface area (Å²) in [5.41, 5.74) is 1.60. The molecule has 148 valence electrons. The van der Waals surface area contributed by atoms with Crippen LogP contribution in [0.25, 0.3) is 0 Å². The first-order valence-corrected chi connectivity index (χ1v) is 10.2. The number of benzene rings is 2. The van der Waals surface area contributed by atoms with Crippen LogP contribution in [-0.4, -0.2) is 43.3 Å². The minimum absolute atomic E-state index is 0.0301. The van der Waals surface area contributed by atoms with Crippen LogP contribution in [0.4, 0.5) is 5.69 Å². The minimum atomic E-state index is -0.140. The van der Waals surface area contributed by atoms with Gasteiger partial charge in [0.15, 0.2) is 5.78 Å². The quantitative estimate of drug-likeness (QED) is 0.656. The van der Waals surface area contributed by atoms with Gasteiger partial charge in [-0.25, -0.2) is 0 Å². The summed E-state index contributed by atoms with van der Waals surface area (Å²) < 4.78 is 0. The number of amides is 1. The Morgan fingerprint density at radius 2 is 1.68 bits per heavy atom. The number of ketones is 1. The Balaban J connectivity index is 1.80. The highest BCUT2D eigenvalue weighted by atomic mass is 35.5. The highest BCUT2D eigenvalue weighted by Crippen LogP contribution is 2.27. The minimum Gasteiger partial charge on any atom is -0.314 e. The van der Waals surface area contributed by atoms with Crippen molar-refractivity contribution in [1.29, 1.82) is 0 Å². The Morgan fingerprint density at radius 3 is 2.36 bits per heavy atom. The molecule has 28 heavy (non-hydrogen) atoms. The van der Waals surface area contributed by atoms with Gasteiger partial charge in [0.25, 0.3) is 0 Å². The summed E-state index contributed by atoms with van der Waals surface area (Å²) in [6.07, 6.45) is 6.03. The van der Waals surface area contributed by atoms with Gasteiger partial charge in [-0.2, -0.15) is 0 Å². The molecule has 1 saturated carbocycles. The number of carbonyl (C=O) groups is 2. The molecule has 0 heterocycles. The fourth-order valence-electron chi connectivity index (χ4n) is 3.83. The maximum Gasteiger partial charge on any atom is 0.240 e. The summed E-state index contributed by atoms with van der Waals surface area (Å²) >= 11 is 6.15. The smallest absolute Gasteiger partial charge is 0.240 e. The first-order chi connectivity index (χ1) is 13.5. The molecule has 3 rings (SSSR count). The second-order valence-corrected chi connectivity index (χ2v) is 7.95. The summed E-state index contributed by atoms with van der Waals surface area (Å²) in [5, 5.41) is 0.475. The van der Waals surface area contributed by atoms with E-state index >= 15 is 0 Å². The SMILES string of the molecule is CN(C(=O)CN(C)C1CCCCC1)c1ccc(Cl)cc1C(=O)c1ccccc1. The Morgan fingerprint density at radius 1 is 1.00 bits per heavy atom. The Kier molecular flexibility index (Phi) is 6.87. The number of anilines is 1. The molecule has 2 aromatic carbocycles. The third kappa shape index (κ3) is 4.81. The number of nitrogens with zero attached hydrogens (tertiary/aromatic N) is 2. The molecule has 2 aromatic rings. The molecule has 1 aliphatic rings. The van der Waals surface area contributed by atoms with Crippen molar-refractivity contribution in [2.75, 3.05) is 25.5 Å². The first kappa shape index (κ1) is 20.6. The molecule has 0 unspecified atom stereocenters. The van der Waals surface area contributed by atoms with Gasteiger partial charge >= 0.3 is 0 Å². The Hall–Kier alpha value is -2.17. The number of hydrogen-bond acceptors (Lipinski definition) is 3. The van der Waals surface area contributed by atoms with E-state index in [1.54, 1.807) is 42.3 Å². The van der Waals surface area contributed by atoms with Crippen molar-refractivity contribution in [1.82, 2.24) is 4.90 Å². The van der Waals surface area contributed by atoms with E-state index in [1.807, 2.05) is 25.2 Å². The first-order valence-electron chi connectivity index (χ1n) is 9.83. The summed E-state index contributed by atoms with van der Waals surface area (Å²) in [6.45, 7) is 0.336. The van der Waals surface area contributed by atoms with Crippen LogP contribution in [0.2, 0.25) is 5.02 Å². The van der Waals surface area contributed by atoms with Crippen molar-refractivity contribution in [3.05, 3.63) is 64.7 Å². The summed E-state index contributed by atoms with van der Waals surface area (Å²) in [7, 11) is 3.74. The lowest BCUT2D eigenvalue weighted by molar-refractivity contribution is -0.119. The zero-order valence-electron chi connectivity index (χ0n) is 16.5. The van der Waals surface area contributed by atoms with E-state index in [0.717, 1.165) is 12.8 Å². The lowest BCUT2D eigenvalue weighted by Crippen LogP contribution is -2.42. The van der Waals surface area contributed by atoms with Crippen molar-refractivity contribution in [2.45, 2.75) is 38.1 Å². The van der Waals surface area contributed by atoms with E-state index in [9.17, 15) is 9.59 Å². The number of rotatable bonds is 6. The Bertz CT molecular complexity index is 832. The van der Waals surface area contributed by atoms with Gasteiger partial charge in [0.2, 0.25) is 5.91 Å². The molecule has 5 heteroatoms. The van der Waals surface area contributed by atoms with Crippen molar-refractivity contribution < 1.29 is 9.59 Å². The molecular weight excluding hydrogens is 372 g/mol. The van der Waals surface area contributed by atoms with Crippen LogP contribution in [0.15, 0.2) is 48.5 Å². The highest BCUT2D eigenvalue weighted by Gasteiger charge is 2.24. The van der Waals surface area contributed by atoms with Gasteiger partial charge in [-0.1, -0.05) is 61.2 Å². The van der Waals surface area contributed by atoms with Crippen LogP contribution in [0, 0.1) is 0 Å². The largest absolute Gasteiger partial charge is 0.314 e. The van der Waals surface area contributed by atoms with E-state index in [-0.39, 0.29) is 11.7 Å². The summed E-state index contributed by atoms with van der Waals surface area (Å²) in [5.74, 6) is -0.170. The summed E-state index contributed by atoms with van der Waals surface area (Å²) in [6, 6.07) is 14.6. The van der Waals surface area contributed by atoms with Crippen molar-refractivity contribution in [2.24, 2.45) is 0 Å². The molecule has 0 radical (unpaired) electrons. The van der Waals surface area contributed by atoms with Gasteiger partial charge in [0.05, 0.1) is 12.2 Å². The molecule has 0 N–H and O–H groups in total. The number of hydrogen-bond donors (Lipinski definition) is 0. The van der Waals surface area contributed by atoms with Crippen molar-refractivity contribution >= 4 is 29.0 Å². The van der Waals surface area contributed by atoms with Crippen LogP contribution < -0.4 is 4.90 Å². The van der Waals surface area contributed by atoms with Gasteiger partial charge in [0.1, 0.15) is 0 Å². The van der Waals surface area contributed by atoms with Crippen LogP contribution in [0.1, 0.15) is 48.0 Å². The third-order valence-corrected chi connectivity index (χ3v) is 5.79. The van der Waals surface area contributed by atoms with E-state index in [4.69, 9.17) is 11.6 Å². The van der Waals surface area contributed by atoms with Gasteiger partial charge in [-0.3, -0.25) is 14.5 Å². The van der Waals surface area contributed by atoms with E-state index in [0.29, 0.717) is 34.4 Å². The molecule has 0 aliphatic heterocycles. The zero-order chi connectivity index (χ0) is 20.1. The van der Waals surface area contributed by atoms with Gasteiger partial charge in [0, 0.05) is 29.2 Å². The maximum atomic E-state index is 13.0. The van der Waals surface area contributed by atoms with Crippen molar-refractivity contribution in [3.63, 3.8) is 0 Å². The number of likely N-dealkylation sites (N-methyl/N-ethyl adjacent to an activating group) is 2. The number of halogens is 1. The Labute approximate surface area is 172 Å². The third-order valence-electron chi connectivity index (χ3n) is 5.56. The lowest BCUT2D eigenvalue weighted by atomic mass is 9.94. The fourth-order valence-corrected chi connectivity index (χ4v) is 4.00. The van der Waals surface area contributed by atoms with E-state index in [1.165, 1.54) is 19.3 Å². The second kappa shape index (κ2) is 9.35. The van der Waals surface area contributed by atoms with Crippen LogP contribution >= 0.6 is 11.6 Å². The summed E-state index contributed by atoms with van der Waals surface area (Å²) in [4.78, 5) is 29.7. The van der Waals surface area contributed by atoms with Crippen LogP contribution in [0.3, 0.4) is 0 Å². The molecule has 1 amide bonds. The zero-order valence-corrected chi connectivity index (χ0v) is 17.3. The van der Waals surface area contributed by atoms with Gasteiger partial charge in [-0.15, -0.1) is 0 Å². The molecular formula is C23H27ClN2O2. The molecule has 0 bridgehead atoms. The molecule has 0 atom stereocenters. The highest BCUT2D eigenvalue weighted by molar-refractivity contribution is 6.31. The second-order valence-electron chi connectivity index (χ2n) is 7.52. The average Bonchev–Trinajstić information content (AvgIpc) is 2.73. The fraction of sp³-hybridized carbons (Fsp3) is 0.391.